The van der Waals surface area contributed by atoms with E-state index in [9.17, 15) is 4.79 Å². The number of hydrogen-bond donors (Lipinski definition) is 3. The molecule has 2 heterocycles. The molecule has 0 aromatic carbocycles. The van der Waals surface area contributed by atoms with Crippen LogP contribution in [-0.4, -0.2) is 27.6 Å². The van der Waals surface area contributed by atoms with Crippen LogP contribution in [0.4, 0.5) is 11.5 Å². The molecule has 19 heavy (non-hydrogen) atoms. The lowest BCUT2D eigenvalue weighted by Crippen LogP contribution is -2.12. The van der Waals surface area contributed by atoms with Gasteiger partial charge in [-0.2, -0.15) is 0 Å². The molecule has 0 aliphatic carbocycles. The number of carbonyl (C=O) groups is 1. The number of aromatic nitrogens is 2. The Balaban J connectivity index is 2.04. The first kappa shape index (κ1) is 13.3. The van der Waals surface area contributed by atoms with E-state index in [0.717, 1.165) is 5.01 Å². The van der Waals surface area contributed by atoms with Gasteiger partial charge in [0, 0.05) is 24.0 Å². The zero-order chi connectivity index (χ0) is 13.8. The Kier molecular flexibility index (Phi) is 3.96. The number of nitrogens with zero attached hydrogens (tertiary/aromatic N) is 2. The Morgan fingerprint density at radius 2 is 2.37 bits per heavy atom. The van der Waals surface area contributed by atoms with Crippen molar-refractivity contribution in [2.75, 3.05) is 17.6 Å². The van der Waals surface area contributed by atoms with E-state index in [1.807, 2.05) is 12.3 Å². The van der Waals surface area contributed by atoms with Gasteiger partial charge in [-0.05, 0) is 6.07 Å². The van der Waals surface area contributed by atoms with Crippen molar-refractivity contribution in [1.29, 1.82) is 0 Å². The largest absolute Gasteiger partial charge is 0.478 e. The molecule has 0 saturated heterocycles. The van der Waals surface area contributed by atoms with Crippen LogP contribution < -0.4 is 11.1 Å². The summed E-state index contributed by atoms with van der Waals surface area (Å²) in [5.74, 6) is -0.335. The van der Waals surface area contributed by atoms with Crippen molar-refractivity contribution in [2.45, 2.75) is 12.8 Å². The fourth-order valence-corrected chi connectivity index (χ4v) is 2.27. The third kappa shape index (κ3) is 3.19. The lowest BCUT2D eigenvalue weighted by Gasteiger charge is -2.11. The molecule has 0 saturated carbocycles. The first-order valence-electron chi connectivity index (χ1n) is 5.70. The quantitative estimate of drug-likeness (QED) is 0.773. The second-order valence-electron chi connectivity index (χ2n) is 4.11. The van der Waals surface area contributed by atoms with Crippen molar-refractivity contribution in [2.24, 2.45) is 0 Å². The Morgan fingerprint density at radius 1 is 1.58 bits per heavy atom. The molecule has 0 aliphatic rings. The van der Waals surface area contributed by atoms with E-state index in [1.165, 1.54) is 12.3 Å². The zero-order valence-corrected chi connectivity index (χ0v) is 11.1. The number of carboxylic acid groups (broad SMARTS) is 1. The number of nitrogen functional groups attached to an aromatic ring is 1. The lowest BCUT2D eigenvalue weighted by molar-refractivity contribution is 0.0698. The molecule has 2 aromatic rings. The minimum atomic E-state index is -1.06. The van der Waals surface area contributed by atoms with Gasteiger partial charge in [0.25, 0.3) is 0 Å². The summed E-state index contributed by atoms with van der Waals surface area (Å²) in [4.78, 5) is 19.2. The van der Waals surface area contributed by atoms with Crippen LogP contribution in [0, 0.1) is 0 Å². The smallest absolute Gasteiger partial charge is 0.337 e. The molecule has 0 fully saturated rings. The Hall–Kier alpha value is -2.15. The van der Waals surface area contributed by atoms with Gasteiger partial charge in [0.1, 0.15) is 5.82 Å². The fourth-order valence-electron chi connectivity index (χ4n) is 1.57. The molecular weight excluding hydrogens is 264 g/mol. The molecule has 2 rings (SSSR count). The number of rotatable bonds is 5. The minimum absolute atomic E-state index is 0.0550. The van der Waals surface area contributed by atoms with Crippen LogP contribution >= 0.6 is 11.3 Å². The van der Waals surface area contributed by atoms with Crippen LogP contribution in [0.15, 0.2) is 23.8 Å². The third-order valence-electron chi connectivity index (χ3n) is 2.63. The van der Waals surface area contributed by atoms with Crippen LogP contribution in [0.1, 0.15) is 28.2 Å². The molecule has 100 valence electrons. The highest BCUT2D eigenvalue weighted by atomic mass is 32.1. The minimum Gasteiger partial charge on any atom is -0.478 e. The van der Waals surface area contributed by atoms with Crippen molar-refractivity contribution < 1.29 is 9.90 Å². The molecule has 6 nitrogen and oxygen atoms in total. The predicted molar refractivity (Wildman–Crippen MR) is 74.6 cm³/mol. The second-order valence-corrected chi connectivity index (χ2v) is 5.04. The van der Waals surface area contributed by atoms with Crippen LogP contribution in [-0.2, 0) is 0 Å². The molecule has 7 heteroatoms. The second kappa shape index (κ2) is 5.66. The Morgan fingerprint density at radius 3 is 3.00 bits per heavy atom. The average molecular weight is 278 g/mol. The van der Waals surface area contributed by atoms with Crippen molar-refractivity contribution >= 4 is 28.8 Å². The number of thiazole rings is 1. The molecule has 0 aliphatic heterocycles. The standard InChI is InChI=1S/C12H14N4O2S/c1-7(11-14-2-3-19-11)5-15-10-4-8(12(17)18)9(13)6-16-10/h2-4,6-7H,5,13H2,1H3,(H,15,16)(H,17,18). The average Bonchev–Trinajstić information content (AvgIpc) is 2.91. The first-order valence-corrected chi connectivity index (χ1v) is 6.58. The number of nitrogens with one attached hydrogen (secondary N) is 1. The van der Waals surface area contributed by atoms with Crippen molar-refractivity contribution in [1.82, 2.24) is 9.97 Å². The summed E-state index contributed by atoms with van der Waals surface area (Å²) in [6.45, 7) is 2.67. The summed E-state index contributed by atoms with van der Waals surface area (Å²) in [6.07, 6.45) is 3.11. The lowest BCUT2D eigenvalue weighted by atomic mass is 10.2. The van der Waals surface area contributed by atoms with Gasteiger partial charge in [-0.1, -0.05) is 6.92 Å². The Bertz CT molecular complexity index is 571. The normalized spacial score (nSPS) is 12.1. The van der Waals surface area contributed by atoms with Gasteiger partial charge >= 0.3 is 5.97 Å². The number of aromatic carboxylic acids is 1. The maximum Gasteiger partial charge on any atom is 0.337 e. The van der Waals surface area contributed by atoms with Gasteiger partial charge in [0.15, 0.2) is 0 Å². The van der Waals surface area contributed by atoms with E-state index in [2.05, 4.69) is 15.3 Å². The maximum absolute atomic E-state index is 11.0. The summed E-state index contributed by atoms with van der Waals surface area (Å²) in [7, 11) is 0. The number of nitrogens with two attached hydrogens (primary N) is 1. The van der Waals surface area contributed by atoms with Gasteiger partial charge in [0.2, 0.25) is 0 Å². The summed E-state index contributed by atoms with van der Waals surface area (Å²) in [6, 6.07) is 1.44. The maximum atomic E-state index is 11.0. The van der Waals surface area contributed by atoms with E-state index >= 15 is 0 Å². The summed E-state index contributed by atoms with van der Waals surface area (Å²) < 4.78 is 0. The first-order chi connectivity index (χ1) is 9.08. The zero-order valence-electron chi connectivity index (χ0n) is 10.3. The highest BCUT2D eigenvalue weighted by molar-refractivity contribution is 7.09. The Labute approximate surface area is 114 Å². The predicted octanol–water partition coefficient (Wildman–Crippen LogP) is 2.03. The van der Waals surface area contributed by atoms with Gasteiger partial charge in [-0.25, -0.2) is 14.8 Å². The molecule has 0 radical (unpaired) electrons. The molecule has 1 unspecified atom stereocenters. The van der Waals surface area contributed by atoms with Crippen LogP contribution in [0.5, 0.6) is 0 Å². The monoisotopic (exact) mass is 278 g/mol. The molecule has 0 spiro atoms. The summed E-state index contributed by atoms with van der Waals surface area (Å²) >= 11 is 1.59. The highest BCUT2D eigenvalue weighted by Crippen LogP contribution is 2.19. The number of pyridine rings is 1. The molecular formula is C12H14N4O2S. The van der Waals surface area contributed by atoms with E-state index in [-0.39, 0.29) is 17.2 Å². The molecule has 1 atom stereocenters. The molecule has 0 bridgehead atoms. The molecule has 4 N–H and O–H groups in total. The number of anilines is 2. The fraction of sp³-hybridized carbons (Fsp3) is 0.250. The van der Waals surface area contributed by atoms with Crippen LogP contribution in [0.25, 0.3) is 0 Å². The van der Waals surface area contributed by atoms with Crippen molar-refractivity contribution in [3.8, 4) is 0 Å². The summed E-state index contributed by atoms with van der Waals surface area (Å²) in [5.41, 5.74) is 5.76. The van der Waals surface area contributed by atoms with Gasteiger partial charge < -0.3 is 16.2 Å². The van der Waals surface area contributed by atoms with Crippen molar-refractivity contribution in [3.05, 3.63) is 34.4 Å². The van der Waals surface area contributed by atoms with E-state index in [1.54, 1.807) is 17.5 Å². The highest BCUT2D eigenvalue weighted by Gasteiger charge is 2.11. The van der Waals surface area contributed by atoms with E-state index < -0.39 is 5.97 Å². The SMILES string of the molecule is CC(CNc1cc(C(=O)O)c(N)cn1)c1nccs1. The topological polar surface area (TPSA) is 101 Å². The number of hydrogen-bond acceptors (Lipinski definition) is 6. The van der Waals surface area contributed by atoms with Gasteiger partial charge in [0.05, 0.1) is 22.5 Å². The number of carboxylic acids is 1. The third-order valence-corrected chi connectivity index (χ3v) is 3.63. The van der Waals surface area contributed by atoms with Crippen LogP contribution in [0.3, 0.4) is 0 Å². The summed E-state index contributed by atoms with van der Waals surface area (Å²) in [5, 5.41) is 15.0. The van der Waals surface area contributed by atoms with E-state index in [4.69, 9.17) is 10.8 Å². The molecule has 0 amide bonds. The molecule has 2 aromatic heterocycles. The van der Waals surface area contributed by atoms with Crippen LogP contribution in [0.2, 0.25) is 0 Å². The van der Waals surface area contributed by atoms with E-state index in [0.29, 0.717) is 12.4 Å². The van der Waals surface area contributed by atoms with Gasteiger partial charge in [-0.15, -0.1) is 11.3 Å². The van der Waals surface area contributed by atoms with Crippen molar-refractivity contribution in [3.63, 3.8) is 0 Å². The van der Waals surface area contributed by atoms with Gasteiger partial charge in [-0.3, -0.25) is 0 Å².